The van der Waals surface area contributed by atoms with E-state index in [1.165, 1.54) is 19.2 Å². The molecule has 0 aliphatic carbocycles. The summed E-state index contributed by atoms with van der Waals surface area (Å²) in [6.07, 6.45) is 0. The van der Waals surface area contributed by atoms with Crippen LogP contribution in [0.1, 0.15) is 10.4 Å². The molecular weight excluding hydrogens is 383 g/mol. The lowest BCUT2D eigenvalue weighted by Crippen LogP contribution is -2.30. The fourth-order valence-corrected chi connectivity index (χ4v) is 2.95. The summed E-state index contributed by atoms with van der Waals surface area (Å²) in [7, 11) is -3.47. The molecule has 2 N–H and O–H groups in total. The number of urea groups is 1. The molecule has 2 aromatic carbocycles. The summed E-state index contributed by atoms with van der Waals surface area (Å²) >= 11 is 0. The van der Waals surface area contributed by atoms with Crippen LogP contribution in [0.25, 0.3) is 0 Å². The van der Waals surface area contributed by atoms with Crippen molar-refractivity contribution in [3.05, 3.63) is 64.2 Å². The second-order valence-corrected chi connectivity index (χ2v) is 6.80. The number of amides is 3. The zero-order valence-corrected chi connectivity index (χ0v) is 14.6. The van der Waals surface area contributed by atoms with E-state index in [4.69, 9.17) is 0 Å². The van der Waals surface area contributed by atoms with Crippen molar-refractivity contribution in [2.75, 3.05) is 12.4 Å². The lowest BCUT2D eigenvalue weighted by atomic mass is 10.2. The number of hydrogen-bond donors (Lipinski definition) is 2. The van der Waals surface area contributed by atoms with Crippen LogP contribution in [0.5, 0.6) is 0 Å². The van der Waals surface area contributed by atoms with E-state index in [0.717, 1.165) is 36.4 Å². The van der Waals surface area contributed by atoms with Crippen molar-refractivity contribution in [3.8, 4) is 0 Å². The minimum absolute atomic E-state index is 0.240. The number of nitro benzene ring substituents is 1. The molecule has 2 rings (SSSR count). The van der Waals surface area contributed by atoms with Gasteiger partial charge in [-0.05, 0) is 30.3 Å². The van der Waals surface area contributed by atoms with Gasteiger partial charge in [0.1, 0.15) is 0 Å². The Morgan fingerprint density at radius 2 is 1.78 bits per heavy atom. The van der Waals surface area contributed by atoms with E-state index in [1.807, 2.05) is 0 Å². The number of nitrogens with one attached hydrogen (secondary N) is 2. The standard InChI is InChI=1S/C15H13FN4O6S/c1-17-15(22)18-11-5-7-13(8-6-11)27(25,26)19(16)14(21)10-3-2-4-12(9-10)20(23)24/h2-9H,1H3,(H2,17,18,22). The second-order valence-electron chi connectivity index (χ2n) is 5.06. The lowest BCUT2D eigenvalue weighted by Gasteiger charge is -2.13. The van der Waals surface area contributed by atoms with Crippen molar-refractivity contribution in [1.82, 2.24) is 9.84 Å². The first-order chi connectivity index (χ1) is 12.7. The molecule has 3 amide bonds. The first-order valence-electron chi connectivity index (χ1n) is 7.25. The number of nitrogens with zero attached hydrogens (tertiary/aromatic N) is 2. The van der Waals surface area contributed by atoms with Gasteiger partial charge >= 0.3 is 6.03 Å². The molecule has 0 unspecified atom stereocenters. The molecule has 0 aliphatic rings. The summed E-state index contributed by atoms with van der Waals surface area (Å²) in [6.45, 7) is 0. The van der Waals surface area contributed by atoms with Crippen molar-refractivity contribution in [2.45, 2.75) is 4.90 Å². The molecule has 0 saturated carbocycles. The van der Waals surface area contributed by atoms with Crippen molar-refractivity contribution in [3.63, 3.8) is 0 Å². The number of carbonyl (C=O) groups excluding carboxylic acids is 2. The first kappa shape index (κ1) is 19.8. The average Bonchev–Trinajstić information content (AvgIpc) is 2.67. The molecule has 10 nitrogen and oxygen atoms in total. The maximum Gasteiger partial charge on any atom is 0.318 e. The smallest absolute Gasteiger partial charge is 0.318 e. The highest BCUT2D eigenvalue weighted by Crippen LogP contribution is 2.22. The van der Waals surface area contributed by atoms with Crippen LogP contribution in [-0.4, -0.2) is 36.9 Å². The van der Waals surface area contributed by atoms with E-state index < -0.39 is 47.6 Å². The fraction of sp³-hybridized carbons (Fsp3) is 0.0667. The zero-order valence-electron chi connectivity index (χ0n) is 13.7. The number of non-ortho nitro benzene ring substituents is 1. The molecule has 0 saturated heterocycles. The third-order valence-corrected chi connectivity index (χ3v) is 4.77. The molecule has 12 heteroatoms. The van der Waals surface area contributed by atoms with E-state index >= 15 is 0 Å². The van der Waals surface area contributed by atoms with E-state index in [0.29, 0.717) is 0 Å². The van der Waals surface area contributed by atoms with Gasteiger partial charge in [-0.3, -0.25) is 14.9 Å². The second kappa shape index (κ2) is 7.78. The maximum atomic E-state index is 14.3. The molecule has 0 radical (unpaired) electrons. The van der Waals surface area contributed by atoms with Gasteiger partial charge in [-0.15, -0.1) is 0 Å². The van der Waals surface area contributed by atoms with E-state index in [9.17, 15) is 32.6 Å². The highest BCUT2D eigenvalue weighted by molar-refractivity contribution is 7.89. The molecule has 0 heterocycles. The summed E-state index contributed by atoms with van der Waals surface area (Å²) in [5.41, 5.74) is -0.756. The summed E-state index contributed by atoms with van der Waals surface area (Å²) in [5, 5.41) is 15.4. The van der Waals surface area contributed by atoms with Gasteiger partial charge in [-0.25, -0.2) is 4.79 Å². The van der Waals surface area contributed by atoms with Crippen LogP contribution in [0.4, 0.5) is 20.7 Å². The van der Waals surface area contributed by atoms with E-state index in [2.05, 4.69) is 10.6 Å². The van der Waals surface area contributed by atoms with Gasteiger partial charge in [-0.1, -0.05) is 15.1 Å². The Morgan fingerprint density at radius 1 is 1.15 bits per heavy atom. The lowest BCUT2D eigenvalue weighted by molar-refractivity contribution is -0.384. The number of benzene rings is 2. The molecule has 0 aromatic heterocycles. The van der Waals surface area contributed by atoms with Gasteiger partial charge in [0.2, 0.25) is 0 Å². The van der Waals surface area contributed by atoms with Crippen LogP contribution < -0.4 is 10.6 Å². The normalized spacial score (nSPS) is 10.7. The highest BCUT2D eigenvalue weighted by Gasteiger charge is 2.31. The number of rotatable bonds is 5. The molecule has 0 fully saturated rings. The number of hydrogen-bond acceptors (Lipinski definition) is 6. The third kappa shape index (κ3) is 4.36. The van der Waals surface area contributed by atoms with Gasteiger partial charge in [-0.2, -0.15) is 8.42 Å². The minimum Gasteiger partial charge on any atom is -0.341 e. The quantitative estimate of drug-likeness (QED) is 0.451. The Hall–Kier alpha value is -3.54. The molecule has 27 heavy (non-hydrogen) atoms. The molecule has 0 bridgehead atoms. The Labute approximate surface area is 152 Å². The molecule has 0 aliphatic heterocycles. The summed E-state index contributed by atoms with van der Waals surface area (Å²) in [6, 6.07) is 7.87. The highest BCUT2D eigenvalue weighted by atomic mass is 32.2. The SMILES string of the molecule is CNC(=O)Nc1ccc(S(=O)(=O)N(F)C(=O)c2cccc([N+](=O)[O-])c2)cc1. The van der Waals surface area contributed by atoms with E-state index in [1.54, 1.807) is 0 Å². The molecule has 2 aromatic rings. The minimum atomic E-state index is -4.85. The van der Waals surface area contributed by atoms with Crippen LogP contribution in [0.15, 0.2) is 53.4 Å². The predicted molar refractivity (Wildman–Crippen MR) is 92.1 cm³/mol. The van der Waals surface area contributed by atoms with Crippen LogP contribution in [0.2, 0.25) is 0 Å². The first-order valence-corrected chi connectivity index (χ1v) is 8.69. The van der Waals surface area contributed by atoms with E-state index in [-0.39, 0.29) is 5.69 Å². The Balaban J connectivity index is 2.27. The molecule has 0 atom stereocenters. The Morgan fingerprint density at radius 3 is 2.33 bits per heavy atom. The fourth-order valence-electron chi connectivity index (χ4n) is 1.96. The Bertz CT molecular complexity index is 994. The average molecular weight is 396 g/mol. The van der Waals surface area contributed by atoms with Gasteiger partial charge in [0, 0.05) is 30.4 Å². The maximum absolute atomic E-state index is 14.3. The summed E-state index contributed by atoms with van der Waals surface area (Å²) in [5.74, 6) is -1.58. The van der Waals surface area contributed by atoms with Crippen LogP contribution in [0.3, 0.4) is 0 Å². The zero-order chi connectivity index (χ0) is 20.2. The summed E-state index contributed by atoms with van der Waals surface area (Å²) < 4.78 is 37.8. The van der Waals surface area contributed by atoms with Crippen LogP contribution >= 0.6 is 0 Å². The largest absolute Gasteiger partial charge is 0.341 e. The van der Waals surface area contributed by atoms with Crippen molar-refractivity contribution in [1.29, 1.82) is 0 Å². The van der Waals surface area contributed by atoms with Gasteiger partial charge in [0.15, 0.2) is 0 Å². The number of anilines is 1. The predicted octanol–water partition coefficient (Wildman–Crippen LogP) is 2.06. The number of nitro groups is 1. The van der Waals surface area contributed by atoms with Crippen molar-refractivity contribution in [2.24, 2.45) is 0 Å². The third-order valence-electron chi connectivity index (χ3n) is 3.31. The van der Waals surface area contributed by atoms with Crippen molar-refractivity contribution < 1.29 is 27.4 Å². The Kier molecular flexibility index (Phi) is 5.70. The summed E-state index contributed by atoms with van der Waals surface area (Å²) in [4.78, 5) is 32.6. The van der Waals surface area contributed by atoms with Gasteiger partial charge < -0.3 is 10.6 Å². The van der Waals surface area contributed by atoms with Gasteiger partial charge in [0.05, 0.1) is 9.82 Å². The molecule has 142 valence electrons. The van der Waals surface area contributed by atoms with Crippen molar-refractivity contribution >= 4 is 33.3 Å². The topological polar surface area (TPSA) is 139 Å². The van der Waals surface area contributed by atoms with Crippen LogP contribution in [0, 0.1) is 10.1 Å². The molecule has 0 spiro atoms. The monoisotopic (exact) mass is 396 g/mol. The number of halogens is 1. The molecular formula is C15H13FN4O6S. The number of sulfonamides is 1. The van der Waals surface area contributed by atoms with Crippen LogP contribution in [-0.2, 0) is 10.0 Å². The van der Waals surface area contributed by atoms with Gasteiger partial charge in [0.25, 0.3) is 21.6 Å². The number of carbonyl (C=O) groups is 2.